The Hall–Kier alpha value is -2.35. The molecule has 0 fully saturated rings. The van der Waals surface area contributed by atoms with E-state index in [2.05, 4.69) is 6.58 Å². The minimum atomic E-state index is -0.937. The number of rotatable bonds is 6. The average Bonchev–Trinajstić information content (AvgIpc) is 2.57. The lowest BCUT2D eigenvalue weighted by molar-refractivity contribution is -0.151. The number of allylic oxidation sites excluding steroid dienone is 1. The van der Waals surface area contributed by atoms with Crippen molar-refractivity contribution in [3.63, 3.8) is 0 Å². The lowest BCUT2D eigenvalue weighted by Gasteiger charge is -2.43. The van der Waals surface area contributed by atoms with Crippen LogP contribution in [0, 0.1) is 5.41 Å². The summed E-state index contributed by atoms with van der Waals surface area (Å²) >= 11 is 0. The maximum Gasteiger partial charge on any atom is 0.321 e. The quantitative estimate of drug-likeness (QED) is 0.569. The van der Waals surface area contributed by atoms with Crippen molar-refractivity contribution in [1.82, 2.24) is 0 Å². The molecule has 0 atom stereocenters. The molecule has 2 aromatic rings. The molecule has 2 rings (SSSR count). The van der Waals surface area contributed by atoms with Crippen molar-refractivity contribution < 1.29 is 9.53 Å². The number of esters is 1. The van der Waals surface area contributed by atoms with Crippen LogP contribution in [0.5, 0.6) is 0 Å². The first-order valence-corrected chi connectivity index (χ1v) is 7.92. The molecule has 0 N–H and O–H groups in total. The predicted octanol–water partition coefficient (Wildman–Crippen LogP) is 4.75. The summed E-state index contributed by atoms with van der Waals surface area (Å²) in [5.74, 6) is -0.248. The minimum Gasteiger partial charge on any atom is -0.465 e. The molecule has 0 amide bonds. The van der Waals surface area contributed by atoms with E-state index in [1.807, 2.05) is 87.5 Å². The standard InChI is InChI=1S/C21H24O2/c1-5-20(3,4)21(19(22)23-6-2,17-13-9-7-10-14-17)18-15-11-8-12-16-18/h5,7-16H,1,6H2,2-4H3. The van der Waals surface area contributed by atoms with E-state index in [9.17, 15) is 4.79 Å². The molecule has 0 aliphatic heterocycles. The number of hydrogen-bond acceptors (Lipinski definition) is 2. The van der Waals surface area contributed by atoms with Gasteiger partial charge in [-0.3, -0.25) is 4.79 Å². The zero-order chi connectivity index (χ0) is 16.9. The van der Waals surface area contributed by atoms with Gasteiger partial charge in [0, 0.05) is 5.41 Å². The Bertz CT molecular complexity index is 617. The predicted molar refractivity (Wildman–Crippen MR) is 94.3 cm³/mol. The fraction of sp³-hybridized carbons (Fsp3) is 0.286. The molecule has 0 aliphatic rings. The van der Waals surface area contributed by atoms with Gasteiger partial charge in [-0.1, -0.05) is 80.6 Å². The summed E-state index contributed by atoms with van der Waals surface area (Å²) in [5, 5.41) is 0. The molecular weight excluding hydrogens is 284 g/mol. The Morgan fingerprint density at radius 2 is 1.43 bits per heavy atom. The third-order valence-corrected chi connectivity index (χ3v) is 4.47. The molecule has 0 saturated heterocycles. The van der Waals surface area contributed by atoms with Crippen molar-refractivity contribution in [3.05, 3.63) is 84.4 Å². The number of ether oxygens (including phenoxy) is 1. The normalized spacial score (nSPS) is 11.8. The summed E-state index contributed by atoms with van der Waals surface area (Å²) in [6, 6.07) is 19.6. The SMILES string of the molecule is C=CC(C)(C)C(C(=O)OCC)(c1ccccc1)c1ccccc1. The molecule has 120 valence electrons. The highest BCUT2D eigenvalue weighted by molar-refractivity contribution is 5.89. The molecule has 2 heteroatoms. The molecule has 23 heavy (non-hydrogen) atoms. The van der Waals surface area contributed by atoms with E-state index in [0.29, 0.717) is 6.61 Å². The molecule has 2 nitrogen and oxygen atoms in total. The van der Waals surface area contributed by atoms with Gasteiger partial charge in [0.25, 0.3) is 0 Å². The largest absolute Gasteiger partial charge is 0.465 e. The summed E-state index contributed by atoms with van der Waals surface area (Å²) in [6.45, 7) is 10.2. The van der Waals surface area contributed by atoms with E-state index in [1.165, 1.54) is 0 Å². The smallest absolute Gasteiger partial charge is 0.321 e. The maximum absolute atomic E-state index is 13.2. The van der Waals surface area contributed by atoms with Gasteiger partial charge in [0.2, 0.25) is 0 Å². The molecule has 0 bridgehead atoms. The van der Waals surface area contributed by atoms with E-state index in [1.54, 1.807) is 0 Å². The van der Waals surface area contributed by atoms with Gasteiger partial charge >= 0.3 is 5.97 Å². The van der Waals surface area contributed by atoms with Crippen LogP contribution in [-0.4, -0.2) is 12.6 Å². The Balaban J connectivity index is 2.85. The van der Waals surface area contributed by atoms with Crippen molar-refractivity contribution in [2.24, 2.45) is 5.41 Å². The van der Waals surface area contributed by atoms with E-state index in [4.69, 9.17) is 4.74 Å². The fourth-order valence-electron chi connectivity index (χ4n) is 3.18. The third kappa shape index (κ3) is 2.81. The van der Waals surface area contributed by atoms with Crippen LogP contribution in [0.3, 0.4) is 0 Å². The molecule has 0 heterocycles. The van der Waals surface area contributed by atoms with Gasteiger partial charge in [-0.25, -0.2) is 0 Å². The second kappa shape index (κ2) is 6.82. The Labute approximate surface area is 138 Å². The topological polar surface area (TPSA) is 26.3 Å². The highest BCUT2D eigenvalue weighted by atomic mass is 16.5. The van der Waals surface area contributed by atoms with Gasteiger partial charge < -0.3 is 4.74 Å². The first-order chi connectivity index (χ1) is 11.0. The molecule has 0 spiro atoms. The first kappa shape index (κ1) is 17.0. The van der Waals surface area contributed by atoms with Crippen molar-refractivity contribution in [3.8, 4) is 0 Å². The molecule has 0 aliphatic carbocycles. The van der Waals surface area contributed by atoms with Crippen LogP contribution in [0.4, 0.5) is 0 Å². The molecule has 0 unspecified atom stereocenters. The Kier molecular flexibility index (Phi) is 5.05. The van der Waals surface area contributed by atoms with Gasteiger partial charge in [0.15, 0.2) is 0 Å². The van der Waals surface area contributed by atoms with Crippen molar-refractivity contribution in [1.29, 1.82) is 0 Å². The van der Waals surface area contributed by atoms with Crippen LogP contribution in [0.1, 0.15) is 31.9 Å². The average molecular weight is 308 g/mol. The van der Waals surface area contributed by atoms with Gasteiger partial charge in [0.05, 0.1) is 6.61 Å². The van der Waals surface area contributed by atoms with Crippen LogP contribution >= 0.6 is 0 Å². The van der Waals surface area contributed by atoms with Crippen LogP contribution in [-0.2, 0) is 14.9 Å². The zero-order valence-electron chi connectivity index (χ0n) is 14.1. The summed E-state index contributed by atoms with van der Waals surface area (Å²) in [7, 11) is 0. The van der Waals surface area contributed by atoms with Crippen molar-refractivity contribution in [2.75, 3.05) is 6.61 Å². The van der Waals surface area contributed by atoms with E-state index in [0.717, 1.165) is 11.1 Å². The number of carbonyl (C=O) groups is 1. The van der Waals surface area contributed by atoms with Gasteiger partial charge in [0.1, 0.15) is 5.41 Å². The fourth-order valence-corrected chi connectivity index (χ4v) is 3.18. The minimum absolute atomic E-state index is 0.248. The molecule has 0 radical (unpaired) electrons. The van der Waals surface area contributed by atoms with Crippen LogP contribution in [0.2, 0.25) is 0 Å². The summed E-state index contributed by atoms with van der Waals surface area (Å²) in [6.07, 6.45) is 1.84. The Morgan fingerprint density at radius 3 is 1.78 bits per heavy atom. The van der Waals surface area contributed by atoms with Gasteiger partial charge in [-0.15, -0.1) is 6.58 Å². The number of benzene rings is 2. The second-order valence-corrected chi connectivity index (χ2v) is 6.13. The first-order valence-electron chi connectivity index (χ1n) is 7.92. The van der Waals surface area contributed by atoms with Gasteiger partial charge in [-0.05, 0) is 18.1 Å². The maximum atomic E-state index is 13.2. The van der Waals surface area contributed by atoms with E-state index < -0.39 is 10.8 Å². The van der Waals surface area contributed by atoms with Crippen LogP contribution in [0.15, 0.2) is 73.3 Å². The van der Waals surface area contributed by atoms with Crippen LogP contribution < -0.4 is 0 Å². The molecule has 0 saturated carbocycles. The highest BCUT2D eigenvalue weighted by Crippen LogP contribution is 2.48. The molecule has 0 aromatic heterocycles. The monoisotopic (exact) mass is 308 g/mol. The summed E-state index contributed by atoms with van der Waals surface area (Å²) < 4.78 is 5.52. The molecular formula is C21H24O2. The molecule has 2 aromatic carbocycles. The van der Waals surface area contributed by atoms with E-state index in [-0.39, 0.29) is 5.97 Å². The number of carbonyl (C=O) groups excluding carboxylic acids is 1. The van der Waals surface area contributed by atoms with Gasteiger partial charge in [-0.2, -0.15) is 0 Å². The lowest BCUT2D eigenvalue weighted by atomic mass is 9.58. The number of hydrogen-bond donors (Lipinski definition) is 0. The lowest BCUT2D eigenvalue weighted by Crippen LogP contribution is -2.49. The van der Waals surface area contributed by atoms with Crippen molar-refractivity contribution >= 4 is 5.97 Å². The zero-order valence-corrected chi connectivity index (χ0v) is 14.1. The second-order valence-electron chi connectivity index (χ2n) is 6.13. The van der Waals surface area contributed by atoms with Crippen LogP contribution in [0.25, 0.3) is 0 Å². The summed E-state index contributed by atoms with van der Waals surface area (Å²) in [4.78, 5) is 13.2. The Morgan fingerprint density at radius 1 is 1.00 bits per heavy atom. The summed E-state index contributed by atoms with van der Waals surface area (Å²) in [5.41, 5.74) is 0.360. The highest BCUT2D eigenvalue weighted by Gasteiger charge is 2.53. The van der Waals surface area contributed by atoms with E-state index >= 15 is 0 Å². The van der Waals surface area contributed by atoms with Crippen molar-refractivity contribution in [2.45, 2.75) is 26.2 Å². The third-order valence-electron chi connectivity index (χ3n) is 4.47.